The molecule has 0 aromatic carbocycles. The van der Waals surface area contributed by atoms with Gasteiger partial charge in [-0.25, -0.2) is 0 Å². The summed E-state index contributed by atoms with van der Waals surface area (Å²) >= 11 is 0. The molecule has 0 radical (unpaired) electrons. The minimum Gasteiger partial charge on any atom is -0.342 e. The molecule has 2 heteroatoms. The molecule has 78 valence electrons. The Morgan fingerprint density at radius 2 is 1.77 bits per heavy atom. The Morgan fingerprint density at radius 3 is 2.08 bits per heavy atom. The summed E-state index contributed by atoms with van der Waals surface area (Å²) < 4.78 is 0. The van der Waals surface area contributed by atoms with Gasteiger partial charge in [-0.2, -0.15) is 0 Å². The van der Waals surface area contributed by atoms with Crippen LogP contribution >= 0.6 is 0 Å². The molecule has 0 aliphatic carbocycles. The van der Waals surface area contributed by atoms with Gasteiger partial charge in [-0.05, 0) is 12.8 Å². The lowest BCUT2D eigenvalue weighted by Crippen LogP contribution is -2.28. The van der Waals surface area contributed by atoms with Gasteiger partial charge in [-0.15, -0.1) is 0 Å². The van der Waals surface area contributed by atoms with Crippen molar-refractivity contribution in [1.82, 2.24) is 4.90 Å². The van der Waals surface area contributed by atoms with Crippen LogP contribution in [0.3, 0.4) is 0 Å². The van der Waals surface area contributed by atoms with Gasteiger partial charge in [-0.1, -0.05) is 34.3 Å². The van der Waals surface area contributed by atoms with Gasteiger partial charge in [0.15, 0.2) is 0 Å². The monoisotopic (exact) mass is 185 g/mol. The topological polar surface area (TPSA) is 20.3 Å². The van der Waals surface area contributed by atoms with Crippen molar-refractivity contribution >= 4 is 5.91 Å². The van der Waals surface area contributed by atoms with Crippen LogP contribution in [-0.2, 0) is 4.79 Å². The molecule has 0 bridgehead atoms. The molecule has 0 atom stereocenters. The maximum absolute atomic E-state index is 11.3. The smallest absolute Gasteiger partial charge is 0.248 e. The van der Waals surface area contributed by atoms with Crippen molar-refractivity contribution in [1.29, 1.82) is 0 Å². The van der Waals surface area contributed by atoms with Crippen LogP contribution in [0.4, 0.5) is 0 Å². The standard InChI is InChI=1S/C9H17NO.C2H6/c1-5-7-10(4)9(11)8(3)6-2;1-2/h3,5-7H2,1-2,4H3;1-2H3. The molecule has 0 unspecified atom stereocenters. The first-order valence-corrected chi connectivity index (χ1v) is 5.06. The summed E-state index contributed by atoms with van der Waals surface area (Å²) in [5, 5.41) is 0. The van der Waals surface area contributed by atoms with Crippen molar-refractivity contribution < 1.29 is 4.79 Å². The third-order valence-electron chi connectivity index (χ3n) is 1.63. The van der Waals surface area contributed by atoms with Crippen molar-refractivity contribution in [2.45, 2.75) is 40.5 Å². The van der Waals surface area contributed by atoms with E-state index in [1.165, 1.54) is 0 Å². The molecule has 1 amide bonds. The number of rotatable bonds is 4. The van der Waals surface area contributed by atoms with Crippen LogP contribution in [0.15, 0.2) is 12.2 Å². The highest BCUT2D eigenvalue weighted by Gasteiger charge is 2.08. The molecule has 0 rings (SSSR count). The van der Waals surface area contributed by atoms with Crippen LogP contribution in [0, 0.1) is 0 Å². The lowest BCUT2D eigenvalue weighted by atomic mass is 10.2. The first kappa shape index (κ1) is 14.7. The van der Waals surface area contributed by atoms with Crippen LogP contribution in [0.5, 0.6) is 0 Å². The maximum Gasteiger partial charge on any atom is 0.248 e. The number of likely N-dealkylation sites (N-methyl/N-ethyl adjacent to an activating group) is 1. The minimum absolute atomic E-state index is 0.0781. The van der Waals surface area contributed by atoms with Gasteiger partial charge in [0.25, 0.3) is 0 Å². The van der Waals surface area contributed by atoms with E-state index in [1.54, 1.807) is 4.90 Å². The number of amides is 1. The zero-order valence-corrected chi connectivity index (χ0v) is 9.68. The van der Waals surface area contributed by atoms with E-state index in [-0.39, 0.29) is 5.91 Å². The second kappa shape index (κ2) is 9.30. The predicted octanol–water partition coefficient (Wildman–Crippen LogP) is 2.85. The molecule has 13 heavy (non-hydrogen) atoms. The van der Waals surface area contributed by atoms with Gasteiger partial charge in [0.2, 0.25) is 5.91 Å². The molecule has 0 saturated heterocycles. The predicted molar refractivity (Wildman–Crippen MR) is 58.7 cm³/mol. The number of hydrogen-bond donors (Lipinski definition) is 0. The summed E-state index contributed by atoms with van der Waals surface area (Å²) in [5.74, 6) is 0.0781. The van der Waals surface area contributed by atoms with Crippen LogP contribution in [0.2, 0.25) is 0 Å². The van der Waals surface area contributed by atoms with E-state index in [2.05, 4.69) is 13.5 Å². The molecule has 2 nitrogen and oxygen atoms in total. The van der Waals surface area contributed by atoms with E-state index in [0.717, 1.165) is 19.4 Å². The zero-order chi connectivity index (χ0) is 10.9. The quantitative estimate of drug-likeness (QED) is 0.617. The lowest BCUT2D eigenvalue weighted by molar-refractivity contribution is -0.126. The Bertz CT molecular complexity index is 152. The summed E-state index contributed by atoms with van der Waals surface area (Å²) in [6, 6.07) is 0. The second-order valence-corrected chi connectivity index (χ2v) is 2.68. The summed E-state index contributed by atoms with van der Waals surface area (Å²) in [5.41, 5.74) is 0.695. The Kier molecular flexibility index (Phi) is 10.5. The molecule has 0 aliphatic heterocycles. The first-order valence-electron chi connectivity index (χ1n) is 5.06. The highest BCUT2D eigenvalue weighted by Crippen LogP contribution is 2.01. The van der Waals surface area contributed by atoms with Crippen LogP contribution < -0.4 is 0 Å². The number of nitrogens with zero attached hydrogens (tertiary/aromatic N) is 1. The van der Waals surface area contributed by atoms with E-state index in [1.807, 2.05) is 27.8 Å². The van der Waals surface area contributed by atoms with E-state index >= 15 is 0 Å². The number of carbonyl (C=O) groups excluding carboxylic acids is 1. The van der Waals surface area contributed by atoms with Crippen molar-refractivity contribution in [3.63, 3.8) is 0 Å². The SMILES string of the molecule is C=C(CC)C(=O)N(C)CCC.CC. The normalized spacial score (nSPS) is 8.38. The van der Waals surface area contributed by atoms with Gasteiger partial charge in [0.05, 0.1) is 0 Å². The number of carbonyl (C=O) groups is 1. The molecule has 0 aromatic heterocycles. The molecular formula is C11H23NO. The fourth-order valence-corrected chi connectivity index (χ4v) is 0.858. The van der Waals surface area contributed by atoms with Crippen molar-refractivity contribution in [2.75, 3.05) is 13.6 Å². The fourth-order valence-electron chi connectivity index (χ4n) is 0.858. The van der Waals surface area contributed by atoms with Gasteiger partial charge < -0.3 is 4.90 Å². The third kappa shape index (κ3) is 6.38. The minimum atomic E-state index is 0.0781. The van der Waals surface area contributed by atoms with Gasteiger partial charge in [0.1, 0.15) is 0 Å². The maximum atomic E-state index is 11.3. The average Bonchev–Trinajstić information content (AvgIpc) is 2.19. The van der Waals surface area contributed by atoms with Crippen molar-refractivity contribution in [2.24, 2.45) is 0 Å². The van der Waals surface area contributed by atoms with E-state index < -0.39 is 0 Å². The van der Waals surface area contributed by atoms with E-state index in [4.69, 9.17) is 0 Å². The summed E-state index contributed by atoms with van der Waals surface area (Å²) in [7, 11) is 1.81. The van der Waals surface area contributed by atoms with E-state index in [9.17, 15) is 4.79 Å². The lowest BCUT2D eigenvalue weighted by Gasteiger charge is -2.16. The summed E-state index contributed by atoms with van der Waals surface area (Å²) in [6.45, 7) is 12.5. The number of hydrogen-bond acceptors (Lipinski definition) is 1. The highest BCUT2D eigenvalue weighted by molar-refractivity contribution is 5.92. The van der Waals surface area contributed by atoms with E-state index in [0.29, 0.717) is 5.57 Å². The largest absolute Gasteiger partial charge is 0.342 e. The molecule has 0 fully saturated rings. The molecule has 0 spiro atoms. The third-order valence-corrected chi connectivity index (χ3v) is 1.63. The van der Waals surface area contributed by atoms with Crippen molar-refractivity contribution in [3.05, 3.63) is 12.2 Å². The molecule has 0 aliphatic rings. The Morgan fingerprint density at radius 1 is 1.31 bits per heavy atom. The molecule has 0 aromatic rings. The van der Waals surface area contributed by atoms with Crippen molar-refractivity contribution in [3.8, 4) is 0 Å². The first-order chi connectivity index (χ1) is 6.13. The average molecular weight is 185 g/mol. The molecule has 0 N–H and O–H groups in total. The van der Waals surface area contributed by atoms with Gasteiger partial charge >= 0.3 is 0 Å². The molecular weight excluding hydrogens is 162 g/mol. The van der Waals surface area contributed by atoms with Crippen LogP contribution in [-0.4, -0.2) is 24.4 Å². The van der Waals surface area contributed by atoms with Gasteiger partial charge in [-0.3, -0.25) is 4.79 Å². The Balaban J connectivity index is 0. The molecule has 0 heterocycles. The summed E-state index contributed by atoms with van der Waals surface area (Å²) in [4.78, 5) is 13.0. The fraction of sp³-hybridized carbons (Fsp3) is 0.727. The van der Waals surface area contributed by atoms with Crippen LogP contribution in [0.1, 0.15) is 40.5 Å². The Hall–Kier alpha value is -0.790. The van der Waals surface area contributed by atoms with Crippen LogP contribution in [0.25, 0.3) is 0 Å². The van der Waals surface area contributed by atoms with Gasteiger partial charge in [0, 0.05) is 19.2 Å². The Labute approximate surface area is 82.6 Å². The zero-order valence-electron chi connectivity index (χ0n) is 9.68. The second-order valence-electron chi connectivity index (χ2n) is 2.68. The summed E-state index contributed by atoms with van der Waals surface area (Å²) in [6.07, 6.45) is 1.74. The highest BCUT2D eigenvalue weighted by atomic mass is 16.2. The molecule has 0 saturated carbocycles.